The van der Waals surface area contributed by atoms with E-state index in [0.717, 1.165) is 48.4 Å². The van der Waals surface area contributed by atoms with E-state index in [4.69, 9.17) is 0 Å². The predicted octanol–water partition coefficient (Wildman–Crippen LogP) is 1.61. The highest BCUT2D eigenvalue weighted by atomic mass is 16.1. The molecule has 2 aromatic heterocycles. The van der Waals surface area contributed by atoms with Crippen LogP contribution in [0.15, 0.2) is 30.3 Å². The molecular formula is C19H24N6O. The molecule has 0 bridgehead atoms. The lowest BCUT2D eigenvalue weighted by Gasteiger charge is -2.17. The van der Waals surface area contributed by atoms with Crippen molar-refractivity contribution in [3.63, 3.8) is 0 Å². The maximum Gasteiger partial charge on any atom is 0.271 e. The number of carbonyl (C=O) groups excluding carboxylic acids is 1. The minimum absolute atomic E-state index is 0.0992. The van der Waals surface area contributed by atoms with Gasteiger partial charge in [-0.3, -0.25) is 9.48 Å². The molecule has 26 heavy (non-hydrogen) atoms. The molecule has 7 nitrogen and oxygen atoms in total. The number of hydrogen-bond acceptors (Lipinski definition) is 4. The van der Waals surface area contributed by atoms with Gasteiger partial charge in [0.2, 0.25) is 0 Å². The number of aryl methyl sites for hydroxylation is 1. The van der Waals surface area contributed by atoms with Crippen LogP contribution in [-0.2, 0) is 19.4 Å². The van der Waals surface area contributed by atoms with Gasteiger partial charge in [-0.2, -0.15) is 5.10 Å². The maximum atomic E-state index is 12.3. The van der Waals surface area contributed by atoms with Gasteiger partial charge in [-0.05, 0) is 38.7 Å². The Balaban J connectivity index is 1.26. The molecule has 1 amide bonds. The number of amides is 1. The minimum Gasteiger partial charge on any atom is -0.351 e. The highest BCUT2D eigenvalue weighted by molar-refractivity contribution is 5.92. The number of nitrogens with one attached hydrogen (secondary N) is 2. The fraction of sp³-hybridized carbons (Fsp3) is 0.421. The molecule has 1 atom stereocenters. The number of H-pyrrole nitrogens is 1. The van der Waals surface area contributed by atoms with Crippen molar-refractivity contribution in [3.05, 3.63) is 47.5 Å². The van der Waals surface area contributed by atoms with Crippen LogP contribution in [-0.4, -0.2) is 57.2 Å². The third-order valence-electron chi connectivity index (χ3n) is 4.97. The zero-order valence-electron chi connectivity index (χ0n) is 15.2. The molecule has 0 radical (unpaired) electrons. The topological polar surface area (TPSA) is 78.8 Å². The van der Waals surface area contributed by atoms with Crippen molar-refractivity contribution in [3.8, 4) is 0 Å². The van der Waals surface area contributed by atoms with E-state index < -0.39 is 0 Å². The summed E-state index contributed by atoms with van der Waals surface area (Å²) in [6, 6.07) is 10.4. The van der Waals surface area contributed by atoms with Gasteiger partial charge in [-0.15, -0.1) is 0 Å². The van der Waals surface area contributed by atoms with Gasteiger partial charge in [0.05, 0.1) is 17.6 Å². The van der Waals surface area contributed by atoms with Crippen LogP contribution in [0.5, 0.6) is 0 Å². The summed E-state index contributed by atoms with van der Waals surface area (Å²) in [4.78, 5) is 22.4. The van der Waals surface area contributed by atoms with Crippen LogP contribution in [0.3, 0.4) is 0 Å². The molecule has 3 aromatic rings. The molecular weight excluding hydrogens is 328 g/mol. The first-order valence-corrected chi connectivity index (χ1v) is 9.05. The van der Waals surface area contributed by atoms with E-state index in [1.165, 1.54) is 0 Å². The van der Waals surface area contributed by atoms with Crippen molar-refractivity contribution in [2.45, 2.75) is 31.8 Å². The molecule has 0 fully saturated rings. The number of para-hydroxylation sites is 2. The number of aromatic amines is 1. The van der Waals surface area contributed by atoms with Gasteiger partial charge in [0.15, 0.2) is 0 Å². The average Bonchev–Trinajstić information content (AvgIpc) is 3.30. The summed E-state index contributed by atoms with van der Waals surface area (Å²) in [7, 11) is 4.15. The Morgan fingerprint density at radius 1 is 1.38 bits per heavy atom. The van der Waals surface area contributed by atoms with Gasteiger partial charge >= 0.3 is 0 Å². The van der Waals surface area contributed by atoms with Gasteiger partial charge in [0.1, 0.15) is 11.5 Å². The fourth-order valence-corrected chi connectivity index (χ4v) is 3.41. The van der Waals surface area contributed by atoms with Crippen molar-refractivity contribution in [2.24, 2.45) is 0 Å². The average molecular weight is 352 g/mol. The highest BCUT2D eigenvalue weighted by Gasteiger charge is 2.26. The maximum absolute atomic E-state index is 12.3. The molecule has 1 aliphatic rings. The lowest BCUT2D eigenvalue weighted by Crippen LogP contribution is -2.30. The molecule has 3 heterocycles. The number of likely N-dealkylation sites (N-methyl/N-ethyl adjacent to an activating group) is 1. The van der Waals surface area contributed by atoms with Crippen molar-refractivity contribution in [1.29, 1.82) is 0 Å². The van der Waals surface area contributed by atoms with Crippen molar-refractivity contribution < 1.29 is 4.79 Å². The quantitative estimate of drug-likeness (QED) is 0.661. The Labute approximate surface area is 152 Å². The molecule has 0 saturated heterocycles. The number of benzene rings is 1. The summed E-state index contributed by atoms with van der Waals surface area (Å²) in [5, 5.41) is 7.41. The van der Waals surface area contributed by atoms with E-state index >= 15 is 0 Å². The van der Waals surface area contributed by atoms with Crippen LogP contribution in [0.1, 0.15) is 28.4 Å². The van der Waals surface area contributed by atoms with E-state index in [-0.39, 0.29) is 5.91 Å². The first kappa shape index (κ1) is 16.8. The minimum atomic E-state index is -0.0992. The van der Waals surface area contributed by atoms with Gasteiger partial charge in [0.25, 0.3) is 5.91 Å². The van der Waals surface area contributed by atoms with E-state index in [1.54, 1.807) is 0 Å². The number of rotatable bonds is 6. The van der Waals surface area contributed by atoms with E-state index in [9.17, 15) is 4.79 Å². The van der Waals surface area contributed by atoms with Crippen molar-refractivity contribution >= 4 is 16.9 Å². The second-order valence-electron chi connectivity index (χ2n) is 7.08. The van der Waals surface area contributed by atoms with Crippen LogP contribution in [0.25, 0.3) is 11.0 Å². The summed E-state index contributed by atoms with van der Waals surface area (Å²) >= 11 is 0. The smallest absolute Gasteiger partial charge is 0.271 e. The summed E-state index contributed by atoms with van der Waals surface area (Å²) in [6.45, 7) is 1.46. The predicted molar refractivity (Wildman–Crippen MR) is 100 cm³/mol. The highest BCUT2D eigenvalue weighted by Crippen LogP contribution is 2.18. The number of hydrogen-bond donors (Lipinski definition) is 2. The number of imidazole rings is 1. The van der Waals surface area contributed by atoms with Gasteiger partial charge in [-0.25, -0.2) is 4.98 Å². The van der Waals surface area contributed by atoms with Crippen LogP contribution < -0.4 is 5.32 Å². The van der Waals surface area contributed by atoms with Gasteiger partial charge in [-0.1, -0.05) is 12.1 Å². The van der Waals surface area contributed by atoms with Crippen LogP contribution in [0.2, 0.25) is 0 Å². The summed E-state index contributed by atoms with van der Waals surface area (Å²) in [5.74, 6) is 0.856. The van der Waals surface area contributed by atoms with Crippen LogP contribution >= 0.6 is 0 Å². The zero-order valence-corrected chi connectivity index (χ0v) is 15.2. The van der Waals surface area contributed by atoms with Crippen molar-refractivity contribution in [2.75, 3.05) is 20.6 Å². The molecule has 0 unspecified atom stereocenters. The fourth-order valence-electron chi connectivity index (χ4n) is 3.41. The lowest BCUT2D eigenvalue weighted by molar-refractivity contribution is 0.0947. The molecule has 2 N–H and O–H groups in total. The van der Waals surface area contributed by atoms with Crippen LogP contribution in [0, 0.1) is 0 Å². The van der Waals surface area contributed by atoms with Crippen LogP contribution in [0.4, 0.5) is 0 Å². The molecule has 136 valence electrons. The molecule has 0 spiro atoms. The Kier molecular flexibility index (Phi) is 4.46. The number of aromatic nitrogens is 4. The third kappa shape index (κ3) is 3.35. The molecule has 0 aliphatic carbocycles. The zero-order chi connectivity index (χ0) is 18.1. The summed E-state index contributed by atoms with van der Waals surface area (Å²) < 4.78 is 1.95. The first-order valence-electron chi connectivity index (χ1n) is 9.05. The molecule has 0 saturated carbocycles. The number of carbonyl (C=O) groups is 1. The lowest BCUT2D eigenvalue weighted by atomic mass is 10.2. The molecule has 1 aromatic carbocycles. The van der Waals surface area contributed by atoms with Gasteiger partial charge < -0.3 is 15.2 Å². The third-order valence-corrected chi connectivity index (χ3v) is 4.97. The Morgan fingerprint density at radius 3 is 3.00 bits per heavy atom. The summed E-state index contributed by atoms with van der Waals surface area (Å²) in [6.07, 6.45) is 2.58. The molecule has 4 rings (SSSR count). The normalized spacial score (nSPS) is 16.3. The summed E-state index contributed by atoms with van der Waals surface area (Å²) in [5.41, 5.74) is 3.68. The second-order valence-corrected chi connectivity index (χ2v) is 7.08. The van der Waals surface area contributed by atoms with E-state index in [2.05, 4.69) is 39.4 Å². The van der Waals surface area contributed by atoms with E-state index in [0.29, 0.717) is 18.3 Å². The van der Waals surface area contributed by atoms with Crippen molar-refractivity contribution in [1.82, 2.24) is 30.0 Å². The number of fused-ring (bicyclic) bond motifs is 2. The standard InChI is InChI=1S/C19H24N6O/c1-24(2)14-10-13-11-17(23-25(13)12-14)19(26)20-9-5-8-18-21-15-6-3-4-7-16(15)22-18/h3-4,6-7,11,14H,5,8-10,12H2,1-2H3,(H,20,26)(H,21,22)/t14-/m0/s1. The van der Waals surface area contributed by atoms with Gasteiger partial charge in [0, 0.05) is 31.1 Å². The largest absolute Gasteiger partial charge is 0.351 e. The number of nitrogens with zero attached hydrogens (tertiary/aromatic N) is 4. The molecule has 1 aliphatic heterocycles. The Morgan fingerprint density at radius 2 is 2.23 bits per heavy atom. The Bertz CT molecular complexity index is 869. The van der Waals surface area contributed by atoms with E-state index in [1.807, 2.05) is 35.0 Å². The Hall–Kier alpha value is -2.67. The molecule has 7 heteroatoms. The first-order chi connectivity index (χ1) is 12.6. The SMILES string of the molecule is CN(C)[C@H]1Cc2cc(C(=O)NCCCc3nc4ccccc4[nH]3)nn2C1. The monoisotopic (exact) mass is 352 g/mol. The second kappa shape index (κ2) is 6.92.